The van der Waals surface area contributed by atoms with Gasteiger partial charge in [-0.25, -0.2) is 4.68 Å². The summed E-state index contributed by atoms with van der Waals surface area (Å²) in [6, 6.07) is 23.3. The molecule has 0 unspecified atom stereocenters. The van der Waals surface area contributed by atoms with Crippen LogP contribution >= 0.6 is 0 Å². The van der Waals surface area contributed by atoms with Gasteiger partial charge in [-0.05, 0) is 35.9 Å². The van der Waals surface area contributed by atoms with Gasteiger partial charge >= 0.3 is 0 Å². The molecule has 0 radical (unpaired) electrons. The van der Waals surface area contributed by atoms with Gasteiger partial charge in [0.2, 0.25) is 0 Å². The normalized spacial score (nSPS) is 11.3. The molecule has 0 atom stereocenters. The van der Waals surface area contributed by atoms with E-state index in [-0.39, 0.29) is 17.0 Å². The number of rotatable bonds is 5. The fourth-order valence-electron chi connectivity index (χ4n) is 2.89. The Morgan fingerprint density at radius 2 is 1.52 bits per heavy atom. The number of hydrogen-bond acceptors (Lipinski definition) is 4. The molecule has 4 aromatic rings. The number of hydrogen-bond donors (Lipinski definition) is 2. The first-order chi connectivity index (χ1) is 13.9. The first kappa shape index (κ1) is 18.7. The van der Waals surface area contributed by atoms with E-state index >= 15 is 0 Å². The molecule has 0 aliphatic rings. The maximum atomic E-state index is 12.4. The predicted octanol–water partition coefficient (Wildman–Crippen LogP) is 3.87. The van der Waals surface area contributed by atoms with Gasteiger partial charge in [0.25, 0.3) is 15.7 Å². The van der Waals surface area contributed by atoms with Crippen molar-refractivity contribution in [2.45, 2.75) is 4.90 Å². The van der Waals surface area contributed by atoms with E-state index in [0.29, 0.717) is 11.4 Å². The van der Waals surface area contributed by atoms with E-state index in [9.17, 15) is 17.8 Å². The van der Waals surface area contributed by atoms with Crippen LogP contribution in [0.1, 0.15) is 0 Å². The smallest absolute Gasteiger partial charge is 0.298 e. The summed E-state index contributed by atoms with van der Waals surface area (Å²) in [4.78, 5) is 12.0. The number of nitrogens with one attached hydrogen (secondary N) is 1. The van der Waals surface area contributed by atoms with Gasteiger partial charge in [0.1, 0.15) is 16.4 Å². The Morgan fingerprint density at radius 3 is 2.17 bits per heavy atom. The molecule has 3 aromatic carbocycles. The molecule has 0 spiro atoms. The summed E-state index contributed by atoms with van der Waals surface area (Å²) in [5.74, 6) is 0.360. The summed E-state index contributed by atoms with van der Waals surface area (Å²) in [5.41, 5.74) is 1.25. The predicted molar refractivity (Wildman–Crippen MR) is 108 cm³/mol. The molecule has 1 aromatic heterocycles. The Hall–Kier alpha value is -3.62. The number of H-pyrrole nitrogens is 1. The standard InChI is InChI=1S/C21H16N2O5S/c24-21-14-18(15-7-3-1-4-8-15)22-23(21)16-11-12-19(20(13-16)29(25,26)27)28-17-9-5-2-6-10-17/h1-14,22H,(H,25,26,27). The molecule has 0 saturated carbocycles. The number of nitrogens with zero attached hydrogens (tertiary/aromatic N) is 1. The lowest BCUT2D eigenvalue weighted by atomic mass is 10.2. The molecule has 0 amide bonds. The zero-order chi connectivity index (χ0) is 20.4. The molecule has 7 nitrogen and oxygen atoms in total. The fraction of sp³-hybridized carbons (Fsp3) is 0. The summed E-state index contributed by atoms with van der Waals surface area (Å²) in [7, 11) is -4.60. The highest BCUT2D eigenvalue weighted by molar-refractivity contribution is 7.86. The number of benzene rings is 3. The largest absolute Gasteiger partial charge is 0.456 e. The molecule has 29 heavy (non-hydrogen) atoms. The average Bonchev–Trinajstić information content (AvgIpc) is 3.11. The monoisotopic (exact) mass is 408 g/mol. The van der Waals surface area contributed by atoms with E-state index in [2.05, 4.69) is 5.10 Å². The Balaban J connectivity index is 1.78. The van der Waals surface area contributed by atoms with Gasteiger partial charge in [0, 0.05) is 6.07 Å². The van der Waals surface area contributed by atoms with Crippen molar-refractivity contribution >= 4 is 10.1 Å². The number of para-hydroxylation sites is 1. The van der Waals surface area contributed by atoms with Crippen molar-refractivity contribution in [3.05, 3.63) is 95.3 Å². The van der Waals surface area contributed by atoms with Crippen LogP contribution in [-0.4, -0.2) is 22.8 Å². The van der Waals surface area contributed by atoms with Crippen molar-refractivity contribution < 1.29 is 17.7 Å². The average molecular weight is 408 g/mol. The lowest BCUT2D eigenvalue weighted by molar-refractivity contribution is 0.449. The molecule has 0 aliphatic carbocycles. The van der Waals surface area contributed by atoms with Gasteiger partial charge in [0.05, 0.1) is 11.4 Å². The lowest BCUT2D eigenvalue weighted by Gasteiger charge is -2.11. The Bertz CT molecular complexity index is 1310. The van der Waals surface area contributed by atoms with Crippen LogP contribution in [0.3, 0.4) is 0 Å². The second-order valence-electron chi connectivity index (χ2n) is 6.23. The molecular formula is C21H16N2O5S. The number of ether oxygens (including phenoxy) is 1. The van der Waals surface area contributed by atoms with E-state index in [1.54, 1.807) is 30.3 Å². The highest BCUT2D eigenvalue weighted by atomic mass is 32.2. The van der Waals surface area contributed by atoms with Crippen LogP contribution in [-0.2, 0) is 10.1 Å². The minimum atomic E-state index is -4.60. The van der Waals surface area contributed by atoms with Gasteiger partial charge < -0.3 is 4.74 Å². The molecule has 0 saturated heterocycles. The van der Waals surface area contributed by atoms with Gasteiger partial charge in [0.15, 0.2) is 0 Å². The van der Waals surface area contributed by atoms with Crippen molar-refractivity contribution in [1.82, 2.24) is 9.78 Å². The third-order valence-corrected chi connectivity index (χ3v) is 5.11. The molecule has 0 bridgehead atoms. The Labute approximate surface area is 166 Å². The van der Waals surface area contributed by atoms with Crippen LogP contribution in [0.15, 0.2) is 94.6 Å². The SMILES string of the molecule is O=c1cc(-c2ccccc2)[nH]n1-c1ccc(Oc2ccccc2)c(S(=O)(=O)O)c1. The zero-order valence-electron chi connectivity index (χ0n) is 15.0. The number of aromatic nitrogens is 2. The third-order valence-electron chi connectivity index (χ3n) is 4.24. The van der Waals surface area contributed by atoms with Crippen molar-refractivity contribution in [1.29, 1.82) is 0 Å². The molecule has 0 fully saturated rings. The van der Waals surface area contributed by atoms with Crippen molar-refractivity contribution in [3.63, 3.8) is 0 Å². The fourth-order valence-corrected chi connectivity index (χ4v) is 3.52. The summed E-state index contributed by atoms with van der Waals surface area (Å²) >= 11 is 0. The molecule has 146 valence electrons. The van der Waals surface area contributed by atoms with Crippen LogP contribution in [0, 0.1) is 0 Å². The van der Waals surface area contributed by atoms with Crippen LogP contribution in [0.2, 0.25) is 0 Å². The van der Waals surface area contributed by atoms with Gasteiger partial charge in [-0.2, -0.15) is 8.42 Å². The Morgan fingerprint density at radius 1 is 0.862 bits per heavy atom. The van der Waals surface area contributed by atoms with E-state index in [1.165, 1.54) is 28.9 Å². The zero-order valence-corrected chi connectivity index (χ0v) is 15.8. The molecule has 4 rings (SSSR count). The van der Waals surface area contributed by atoms with Crippen LogP contribution in [0.4, 0.5) is 0 Å². The highest BCUT2D eigenvalue weighted by Gasteiger charge is 2.20. The van der Waals surface area contributed by atoms with E-state index in [4.69, 9.17) is 4.74 Å². The maximum absolute atomic E-state index is 12.4. The molecule has 0 aliphatic heterocycles. The second-order valence-corrected chi connectivity index (χ2v) is 7.62. The topological polar surface area (TPSA) is 101 Å². The van der Waals surface area contributed by atoms with E-state index in [1.807, 2.05) is 30.3 Å². The van der Waals surface area contributed by atoms with Crippen LogP contribution in [0.5, 0.6) is 11.5 Å². The molecule has 1 heterocycles. The number of aromatic amines is 1. The highest BCUT2D eigenvalue weighted by Crippen LogP contribution is 2.30. The van der Waals surface area contributed by atoms with Gasteiger partial charge in [-0.1, -0.05) is 48.5 Å². The minimum Gasteiger partial charge on any atom is -0.456 e. The first-order valence-electron chi connectivity index (χ1n) is 8.64. The van der Waals surface area contributed by atoms with Crippen LogP contribution in [0.25, 0.3) is 16.9 Å². The van der Waals surface area contributed by atoms with E-state index in [0.717, 1.165) is 5.56 Å². The van der Waals surface area contributed by atoms with E-state index < -0.39 is 15.0 Å². The minimum absolute atomic E-state index is 0.0506. The lowest BCUT2D eigenvalue weighted by Crippen LogP contribution is -2.14. The van der Waals surface area contributed by atoms with Gasteiger partial charge in [-0.15, -0.1) is 0 Å². The summed E-state index contributed by atoms with van der Waals surface area (Å²) in [6.45, 7) is 0. The first-order valence-corrected chi connectivity index (χ1v) is 10.1. The maximum Gasteiger partial charge on any atom is 0.298 e. The summed E-state index contributed by atoms with van der Waals surface area (Å²) < 4.78 is 40.3. The molecule has 2 N–H and O–H groups in total. The van der Waals surface area contributed by atoms with Crippen molar-refractivity contribution in [2.24, 2.45) is 0 Å². The van der Waals surface area contributed by atoms with Crippen LogP contribution < -0.4 is 10.3 Å². The Kier molecular flexibility index (Phi) is 4.79. The third kappa shape index (κ3) is 3.98. The van der Waals surface area contributed by atoms with Crippen molar-refractivity contribution in [2.75, 3.05) is 0 Å². The molecule has 8 heteroatoms. The summed E-state index contributed by atoms with van der Waals surface area (Å²) in [6.07, 6.45) is 0. The summed E-state index contributed by atoms with van der Waals surface area (Å²) in [5, 5.41) is 2.95. The molecular weight excluding hydrogens is 392 g/mol. The van der Waals surface area contributed by atoms with Crippen molar-refractivity contribution in [3.8, 4) is 28.4 Å². The second kappa shape index (κ2) is 7.42. The van der Waals surface area contributed by atoms with Gasteiger partial charge in [-0.3, -0.25) is 14.4 Å². The quantitative estimate of drug-likeness (QED) is 0.488.